The van der Waals surface area contributed by atoms with Crippen molar-refractivity contribution in [1.29, 1.82) is 0 Å². The van der Waals surface area contributed by atoms with Gasteiger partial charge in [-0.05, 0) is 37.1 Å². The molecule has 138 valence electrons. The van der Waals surface area contributed by atoms with Gasteiger partial charge in [-0.25, -0.2) is 4.98 Å². The first-order valence-corrected chi connectivity index (χ1v) is 8.55. The van der Waals surface area contributed by atoms with E-state index in [1.807, 2.05) is 50.2 Å². The lowest BCUT2D eigenvalue weighted by Gasteiger charge is -2.12. The lowest BCUT2D eigenvalue weighted by atomic mass is 10.1. The van der Waals surface area contributed by atoms with Crippen molar-refractivity contribution in [2.75, 3.05) is 12.4 Å². The highest BCUT2D eigenvalue weighted by molar-refractivity contribution is 5.92. The molecule has 3 aromatic rings. The number of hydrogen-bond acceptors (Lipinski definition) is 4. The second-order valence-corrected chi connectivity index (χ2v) is 6.26. The molecule has 0 atom stereocenters. The fraction of sp³-hybridized carbons (Fsp3) is 0.190. The second kappa shape index (κ2) is 7.86. The molecule has 0 spiro atoms. The molecular formula is C21H21N3O3. The van der Waals surface area contributed by atoms with Gasteiger partial charge in [0.05, 0.1) is 19.1 Å². The summed E-state index contributed by atoms with van der Waals surface area (Å²) in [6, 6.07) is 14.5. The largest absolute Gasteiger partial charge is 0.496 e. The Morgan fingerprint density at radius 1 is 1.11 bits per heavy atom. The van der Waals surface area contributed by atoms with Crippen LogP contribution in [-0.4, -0.2) is 22.6 Å². The van der Waals surface area contributed by atoms with Crippen molar-refractivity contribution in [3.63, 3.8) is 0 Å². The van der Waals surface area contributed by atoms with E-state index in [0.717, 1.165) is 22.4 Å². The number of carbonyl (C=O) groups is 1. The van der Waals surface area contributed by atoms with Crippen molar-refractivity contribution >= 4 is 11.6 Å². The van der Waals surface area contributed by atoms with Gasteiger partial charge in [0.25, 0.3) is 5.56 Å². The predicted octanol–water partition coefficient (Wildman–Crippen LogP) is 3.17. The predicted molar refractivity (Wildman–Crippen MR) is 105 cm³/mol. The SMILES string of the molecule is COc1ccccc1-c1cc(=O)n(CC(=O)Nc2c(C)cccc2C)cn1. The van der Waals surface area contributed by atoms with Gasteiger partial charge in [0.1, 0.15) is 12.3 Å². The standard InChI is InChI=1S/C21H21N3O3/c1-14-7-6-8-15(2)21(14)23-19(25)12-24-13-22-17(11-20(24)26)16-9-4-5-10-18(16)27-3/h4-11,13H,12H2,1-3H3,(H,23,25). The molecule has 0 aliphatic carbocycles. The number of amides is 1. The number of nitrogens with one attached hydrogen (secondary N) is 1. The number of benzene rings is 2. The Bertz CT molecular complexity index is 1020. The first-order chi connectivity index (χ1) is 13.0. The Labute approximate surface area is 157 Å². The van der Waals surface area contributed by atoms with Crippen LogP contribution in [0, 0.1) is 13.8 Å². The maximum atomic E-state index is 12.4. The van der Waals surface area contributed by atoms with Crippen LogP contribution in [0.2, 0.25) is 0 Å². The van der Waals surface area contributed by atoms with Crippen LogP contribution in [0.3, 0.4) is 0 Å². The maximum Gasteiger partial charge on any atom is 0.254 e. The number of aryl methyl sites for hydroxylation is 2. The van der Waals surface area contributed by atoms with Gasteiger partial charge in [0, 0.05) is 17.3 Å². The Hall–Kier alpha value is -3.41. The summed E-state index contributed by atoms with van der Waals surface area (Å²) in [6.45, 7) is 3.75. The molecule has 0 bridgehead atoms. The van der Waals surface area contributed by atoms with Gasteiger partial charge in [0.2, 0.25) is 5.91 Å². The van der Waals surface area contributed by atoms with E-state index < -0.39 is 0 Å². The van der Waals surface area contributed by atoms with Crippen LogP contribution < -0.4 is 15.6 Å². The smallest absolute Gasteiger partial charge is 0.254 e. The van der Waals surface area contributed by atoms with E-state index in [1.54, 1.807) is 13.2 Å². The first kappa shape index (κ1) is 18.4. The fourth-order valence-corrected chi connectivity index (χ4v) is 2.89. The molecule has 3 rings (SSSR count). The van der Waals surface area contributed by atoms with Crippen LogP contribution in [0.5, 0.6) is 5.75 Å². The van der Waals surface area contributed by atoms with Crippen LogP contribution in [0.4, 0.5) is 5.69 Å². The third-order valence-corrected chi connectivity index (χ3v) is 4.32. The molecule has 2 aromatic carbocycles. The van der Waals surface area contributed by atoms with E-state index in [9.17, 15) is 9.59 Å². The first-order valence-electron chi connectivity index (χ1n) is 8.55. The summed E-state index contributed by atoms with van der Waals surface area (Å²) in [7, 11) is 1.57. The molecule has 0 aliphatic heterocycles. The minimum Gasteiger partial charge on any atom is -0.496 e. The second-order valence-electron chi connectivity index (χ2n) is 6.26. The Kier molecular flexibility index (Phi) is 5.35. The van der Waals surface area contributed by atoms with E-state index in [0.29, 0.717) is 11.4 Å². The van der Waals surface area contributed by atoms with Crippen molar-refractivity contribution < 1.29 is 9.53 Å². The molecule has 0 fully saturated rings. The zero-order valence-electron chi connectivity index (χ0n) is 15.5. The molecule has 0 saturated carbocycles. The number of aromatic nitrogens is 2. The van der Waals surface area contributed by atoms with Gasteiger partial charge in [-0.2, -0.15) is 0 Å². The number of carbonyl (C=O) groups excluding carboxylic acids is 1. The molecule has 0 saturated heterocycles. The number of rotatable bonds is 5. The average molecular weight is 363 g/mol. The van der Waals surface area contributed by atoms with Crippen LogP contribution in [0.15, 0.2) is 59.7 Å². The summed E-state index contributed by atoms with van der Waals surface area (Å²) < 4.78 is 6.59. The van der Waals surface area contributed by atoms with E-state index >= 15 is 0 Å². The summed E-state index contributed by atoms with van der Waals surface area (Å²) in [5.41, 5.74) is 3.64. The fourth-order valence-electron chi connectivity index (χ4n) is 2.89. The van der Waals surface area contributed by atoms with Crippen LogP contribution >= 0.6 is 0 Å². The van der Waals surface area contributed by atoms with Crippen molar-refractivity contribution in [1.82, 2.24) is 9.55 Å². The van der Waals surface area contributed by atoms with Gasteiger partial charge >= 0.3 is 0 Å². The molecule has 27 heavy (non-hydrogen) atoms. The molecule has 1 aromatic heterocycles. The summed E-state index contributed by atoms with van der Waals surface area (Å²) in [4.78, 5) is 29.1. The third kappa shape index (κ3) is 4.06. The Balaban J connectivity index is 1.80. The van der Waals surface area contributed by atoms with Crippen LogP contribution in [-0.2, 0) is 11.3 Å². The minimum absolute atomic E-state index is 0.105. The maximum absolute atomic E-state index is 12.4. The quantitative estimate of drug-likeness (QED) is 0.756. The zero-order valence-corrected chi connectivity index (χ0v) is 15.5. The van der Waals surface area contributed by atoms with Gasteiger partial charge < -0.3 is 10.1 Å². The van der Waals surface area contributed by atoms with E-state index in [-0.39, 0.29) is 18.0 Å². The minimum atomic E-state index is -0.303. The van der Waals surface area contributed by atoms with Crippen LogP contribution in [0.1, 0.15) is 11.1 Å². The summed E-state index contributed by atoms with van der Waals surface area (Å²) >= 11 is 0. The van der Waals surface area contributed by atoms with Crippen molar-refractivity contribution in [3.05, 3.63) is 76.3 Å². The number of anilines is 1. The number of ether oxygens (including phenoxy) is 1. The number of nitrogens with zero attached hydrogens (tertiary/aromatic N) is 2. The van der Waals surface area contributed by atoms with Crippen molar-refractivity contribution in [3.8, 4) is 17.0 Å². The van der Waals surface area contributed by atoms with E-state index in [2.05, 4.69) is 10.3 Å². The van der Waals surface area contributed by atoms with E-state index in [4.69, 9.17) is 4.74 Å². The molecule has 0 radical (unpaired) electrons. The van der Waals surface area contributed by atoms with Crippen molar-refractivity contribution in [2.45, 2.75) is 20.4 Å². The lowest BCUT2D eigenvalue weighted by Crippen LogP contribution is -2.28. The summed E-state index contributed by atoms with van der Waals surface area (Å²) in [5.74, 6) is 0.358. The molecular weight excluding hydrogens is 342 g/mol. The average Bonchev–Trinajstić information content (AvgIpc) is 2.66. The van der Waals surface area contributed by atoms with Gasteiger partial charge in [-0.15, -0.1) is 0 Å². The van der Waals surface area contributed by atoms with Gasteiger partial charge in [0.15, 0.2) is 0 Å². The van der Waals surface area contributed by atoms with Gasteiger partial charge in [-0.1, -0.05) is 30.3 Å². The molecule has 6 nitrogen and oxygen atoms in total. The molecule has 0 unspecified atom stereocenters. The highest BCUT2D eigenvalue weighted by Crippen LogP contribution is 2.26. The monoisotopic (exact) mass is 363 g/mol. The highest BCUT2D eigenvalue weighted by atomic mass is 16.5. The lowest BCUT2D eigenvalue weighted by molar-refractivity contribution is -0.116. The molecule has 1 amide bonds. The molecule has 6 heteroatoms. The Morgan fingerprint density at radius 2 is 1.81 bits per heavy atom. The number of methoxy groups -OCH3 is 1. The Morgan fingerprint density at radius 3 is 2.48 bits per heavy atom. The molecule has 0 aliphatic rings. The zero-order chi connectivity index (χ0) is 19.4. The third-order valence-electron chi connectivity index (χ3n) is 4.32. The van der Waals surface area contributed by atoms with E-state index in [1.165, 1.54) is 17.0 Å². The van der Waals surface area contributed by atoms with Gasteiger partial charge in [-0.3, -0.25) is 14.2 Å². The summed E-state index contributed by atoms with van der Waals surface area (Å²) in [6.07, 6.45) is 1.38. The topological polar surface area (TPSA) is 73.2 Å². The summed E-state index contributed by atoms with van der Waals surface area (Å²) in [5, 5.41) is 2.87. The van der Waals surface area contributed by atoms with Crippen LogP contribution in [0.25, 0.3) is 11.3 Å². The normalized spacial score (nSPS) is 10.5. The number of para-hydroxylation sites is 2. The molecule has 1 heterocycles. The molecule has 1 N–H and O–H groups in total. The number of hydrogen-bond donors (Lipinski definition) is 1. The highest BCUT2D eigenvalue weighted by Gasteiger charge is 2.11. The van der Waals surface area contributed by atoms with Crippen molar-refractivity contribution in [2.24, 2.45) is 0 Å².